The van der Waals surface area contributed by atoms with Crippen molar-refractivity contribution in [2.45, 2.75) is 45.6 Å². The van der Waals surface area contributed by atoms with Gasteiger partial charge in [0.2, 0.25) is 0 Å². The standard InChI is InChI=1S/C12H23N/c1-4-6-7-11-8-9-12(10(11)3)13-5-2/h4,10-13H,1,5-9H2,2-3H3. The van der Waals surface area contributed by atoms with Crippen LogP contribution in [0.25, 0.3) is 0 Å². The van der Waals surface area contributed by atoms with Crippen molar-refractivity contribution >= 4 is 0 Å². The smallest absolute Gasteiger partial charge is 0.00953 e. The molecule has 0 aromatic heterocycles. The SMILES string of the molecule is C=CCCC1CCC(NCC)C1C. The molecule has 13 heavy (non-hydrogen) atoms. The van der Waals surface area contributed by atoms with Gasteiger partial charge < -0.3 is 5.32 Å². The summed E-state index contributed by atoms with van der Waals surface area (Å²) in [5.41, 5.74) is 0. The normalized spacial score (nSPS) is 33.5. The molecule has 0 amide bonds. The molecule has 1 aliphatic rings. The quantitative estimate of drug-likeness (QED) is 0.643. The van der Waals surface area contributed by atoms with Crippen LogP contribution in [0.2, 0.25) is 0 Å². The lowest BCUT2D eigenvalue weighted by Crippen LogP contribution is -2.32. The molecule has 3 atom stereocenters. The maximum atomic E-state index is 3.79. The molecule has 0 heterocycles. The number of hydrogen-bond acceptors (Lipinski definition) is 1. The van der Waals surface area contributed by atoms with E-state index in [1.165, 1.54) is 25.7 Å². The van der Waals surface area contributed by atoms with E-state index in [1.54, 1.807) is 0 Å². The lowest BCUT2D eigenvalue weighted by atomic mass is 9.91. The molecule has 3 unspecified atom stereocenters. The van der Waals surface area contributed by atoms with Crippen LogP contribution in [-0.2, 0) is 0 Å². The molecule has 1 aliphatic carbocycles. The summed E-state index contributed by atoms with van der Waals surface area (Å²) in [5, 5.41) is 3.57. The minimum absolute atomic E-state index is 0.778. The van der Waals surface area contributed by atoms with Gasteiger partial charge in [-0.1, -0.05) is 19.9 Å². The number of hydrogen-bond donors (Lipinski definition) is 1. The van der Waals surface area contributed by atoms with Crippen LogP contribution in [0.4, 0.5) is 0 Å². The van der Waals surface area contributed by atoms with E-state index in [0.29, 0.717) is 0 Å². The van der Waals surface area contributed by atoms with Crippen LogP contribution in [0.1, 0.15) is 39.5 Å². The van der Waals surface area contributed by atoms with Crippen LogP contribution < -0.4 is 5.32 Å². The molecule has 0 saturated heterocycles. The van der Waals surface area contributed by atoms with Crippen LogP contribution in [0, 0.1) is 11.8 Å². The second-order valence-electron chi connectivity index (χ2n) is 4.23. The zero-order valence-electron chi connectivity index (χ0n) is 9.05. The molecule has 1 heteroatoms. The van der Waals surface area contributed by atoms with Crippen LogP contribution in [-0.4, -0.2) is 12.6 Å². The third-order valence-corrected chi connectivity index (χ3v) is 3.43. The average Bonchev–Trinajstić information content (AvgIpc) is 2.46. The Morgan fingerprint density at radius 1 is 1.46 bits per heavy atom. The molecule has 0 spiro atoms. The predicted octanol–water partition coefficient (Wildman–Crippen LogP) is 2.98. The van der Waals surface area contributed by atoms with E-state index >= 15 is 0 Å². The Kier molecular flexibility index (Phi) is 4.51. The first-order valence-corrected chi connectivity index (χ1v) is 5.63. The highest BCUT2D eigenvalue weighted by atomic mass is 14.9. The van der Waals surface area contributed by atoms with E-state index < -0.39 is 0 Å². The van der Waals surface area contributed by atoms with Gasteiger partial charge in [-0.25, -0.2) is 0 Å². The van der Waals surface area contributed by atoms with Crippen molar-refractivity contribution in [2.24, 2.45) is 11.8 Å². The maximum absolute atomic E-state index is 3.79. The molecule has 76 valence electrons. The molecule has 1 saturated carbocycles. The van der Waals surface area contributed by atoms with E-state index in [4.69, 9.17) is 0 Å². The van der Waals surface area contributed by atoms with Crippen molar-refractivity contribution in [3.8, 4) is 0 Å². The van der Waals surface area contributed by atoms with Gasteiger partial charge >= 0.3 is 0 Å². The first-order chi connectivity index (χ1) is 6.29. The summed E-state index contributed by atoms with van der Waals surface area (Å²) in [6, 6.07) is 0.778. The third-order valence-electron chi connectivity index (χ3n) is 3.43. The largest absolute Gasteiger partial charge is 0.314 e. The van der Waals surface area contributed by atoms with Gasteiger partial charge in [0.25, 0.3) is 0 Å². The van der Waals surface area contributed by atoms with Gasteiger partial charge in [0.1, 0.15) is 0 Å². The van der Waals surface area contributed by atoms with Gasteiger partial charge in [0, 0.05) is 6.04 Å². The summed E-state index contributed by atoms with van der Waals surface area (Å²) in [6.45, 7) is 9.50. The minimum atomic E-state index is 0.778. The van der Waals surface area contributed by atoms with E-state index in [9.17, 15) is 0 Å². The van der Waals surface area contributed by atoms with Gasteiger partial charge in [-0.05, 0) is 44.1 Å². The topological polar surface area (TPSA) is 12.0 Å². The Bertz CT molecular complexity index is 153. The molecule has 1 rings (SSSR count). The average molecular weight is 181 g/mol. The summed E-state index contributed by atoms with van der Waals surface area (Å²) < 4.78 is 0. The van der Waals surface area contributed by atoms with E-state index in [2.05, 4.69) is 25.7 Å². The zero-order chi connectivity index (χ0) is 9.68. The molecule has 0 aromatic carbocycles. The zero-order valence-corrected chi connectivity index (χ0v) is 9.05. The molecule has 0 aliphatic heterocycles. The van der Waals surface area contributed by atoms with Gasteiger partial charge in [0.05, 0.1) is 0 Å². The molecular weight excluding hydrogens is 158 g/mol. The summed E-state index contributed by atoms with van der Waals surface area (Å²) in [5.74, 6) is 1.79. The molecule has 0 aromatic rings. The number of rotatable bonds is 5. The van der Waals surface area contributed by atoms with E-state index in [0.717, 1.165) is 24.4 Å². The van der Waals surface area contributed by atoms with E-state index in [1.807, 2.05) is 6.08 Å². The fourth-order valence-electron chi connectivity index (χ4n) is 2.54. The highest BCUT2D eigenvalue weighted by Crippen LogP contribution is 2.34. The highest BCUT2D eigenvalue weighted by Gasteiger charge is 2.31. The van der Waals surface area contributed by atoms with Gasteiger partial charge in [-0.2, -0.15) is 0 Å². The Labute approximate surface area is 82.6 Å². The minimum Gasteiger partial charge on any atom is -0.314 e. The van der Waals surface area contributed by atoms with Crippen molar-refractivity contribution in [2.75, 3.05) is 6.54 Å². The summed E-state index contributed by atoms with van der Waals surface area (Å²) in [6.07, 6.45) is 7.36. The van der Waals surface area contributed by atoms with Gasteiger partial charge in [-0.15, -0.1) is 6.58 Å². The van der Waals surface area contributed by atoms with Crippen molar-refractivity contribution < 1.29 is 0 Å². The second kappa shape index (κ2) is 5.43. The highest BCUT2D eigenvalue weighted by molar-refractivity contribution is 4.87. The molecular formula is C12H23N. The molecule has 1 fully saturated rings. The van der Waals surface area contributed by atoms with E-state index in [-0.39, 0.29) is 0 Å². The molecule has 1 N–H and O–H groups in total. The second-order valence-corrected chi connectivity index (χ2v) is 4.23. The first kappa shape index (κ1) is 10.8. The molecule has 1 nitrogen and oxygen atoms in total. The number of nitrogens with one attached hydrogen (secondary N) is 1. The summed E-state index contributed by atoms with van der Waals surface area (Å²) in [7, 11) is 0. The predicted molar refractivity (Wildman–Crippen MR) is 58.8 cm³/mol. The van der Waals surface area contributed by atoms with Gasteiger partial charge in [-0.3, -0.25) is 0 Å². The maximum Gasteiger partial charge on any atom is 0.00953 e. The van der Waals surface area contributed by atoms with Crippen LogP contribution in [0.5, 0.6) is 0 Å². The van der Waals surface area contributed by atoms with Crippen LogP contribution in [0.15, 0.2) is 12.7 Å². The van der Waals surface area contributed by atoms with Crippen LogP contribution in [0.3, 0.4) is 0 Å². The fraction of sp³-hybridized carbons (Fsp3) is 0.833. The Morgan fingerprint density at radius 2 is 2.23 bits per heavy atom. The van der Waals surface area contributed by atoms with Crippen molar-refractivity contribution in [3.63, 3.8) is 0 Å². The monoisotopic (exact) mass is 181 g/mol. The Morgan fingerprint density at radius 3 is 2.85 bits per heavy atom. The van der Waals surface area contributed by atoms with Crippen molar-refractivity contribution in [1.29, 1.82) is 0 Å². The van der Waals surface area contributed by atoms with Crippen LogP contribution >= 0.6 is 0 Å². The first-order valence-electron chi connectivity index (χ1n) is 5.63. The lowest BCUT2D eigenvalue weighted by Gasteiger charge is -2.20. The summed E-state index contributed by atoms with van der Waals surface area (Å²) >= 11 is 0. The third kappa shape index (κ3) is 2.84. The summed E-state index contributed by atoms with van der Waals surface area (Å²) in [4.78, 5) is 0. The lowest BCUT2D eigenvalue weighted by molar-refractivity contribution is 0.342. The number of allylic oxidation sites excluding steroid dienone is 1. The molecule has 0 bridgehead atoms. The Hall–Kier alpha value is -0.300. The van der Waals surface area contributed by atoms with Crippen molar-refractivity contribution in [1.82, 2.24) is 5.32 Å². The van der Waals surface area contributed by atoms with Gasteiger partial charge in [0.15, 0.2) is 0 Å². The van der Waals surface area contributed by atoms with Crippen molar-refractivity contribution in [3.05, 3.63) is 12.7 Å². The molecule has 0 radical (unpaired) electrons. The Balaban J connectivity index is 2.31. The fourth-order valence-corrected chi connectivity index (χ4v) is 2.54.